The van der Waals surface area contributed by atoms with Gasteiger partial charge in [-0.2, -0.15) is 13.2 Å². The van der Waals surface area contributed by atoms with Crippen LogP contribution in [0.4, 0.5) is 13.2 Å². The van der Waals surface area contributed by atoms with Crippen LogP contribution in [-0.4, -0.2) is 57.1 Å². The Labute approximate surface area is 138 Å². The van der Waals surface area contributed by atoms with Crippen molar-refractivity contribution in [1.29, 1.82) is 0 Å². The SMILES string of the molecule is O=C(O)C(F)(F)F.O=C(O)c1cc(O)cc([C@H]2CCN[C@@H]2C(=O)O)c1. The molecule has 1 aromatic carbocycles. The van der Waals surface area contributed by atoms with Gasteiger partial charge in [0.1, 0.15) is 11.8 Å². The molecule has 0 aliphatic carbocycles. The van der Waals surface area contributed by atoms with E-state index < -0.39 is 30.1 Å². The number of carboxylic acid groups (broad SMARTS) is 3. The quantitative estimate of drug-likeness (QED) is 0.538. The van der Waals surface area contributed by atoms with Crippen LogP contribution in [0.1, 0.15) is 28.3 Å². The van der Waals surface area contributed by atoms with Gasteiger partial charge in [-0.3, -0.25) is 4.79 Å². The number of halogens is 3. The Bertz CT molecular complexity index is 675. The van der Waals surface area contributed by atoms with Gasteiger partial charge in [0.2, 0.25) is 0 Å². The fourth-order valence-corrected chi connectivity index (χ4v) is 2.29. The Morgan fingerprint density at radius 2 is 1.64 bits per heavy atom. The first kappa shape index (κ1) is 20.2. The van der Waals surface area contributed by atoms with Gasteiger partial charge in [-0.05, 0) is 36.7 Å². The Hall–Kier alpha value is -2.82. The van der Waals surface area contributed by atoms with Crippen molar-refractivity contribution in [2.24, 2.45) is 0 Å². The number of aromatic hydroxyl groups is 1. The van der Waals surface area contributed by atoms with Crippen LogP contribution in [0.5, 0.6) is 5.75 Å². The van der Waals surface area contributed by atoms with Crippen molar-refractivity contribution < 1.29 is 48.0 Å². The number of hydrogen-bond donors (Lipinski definition) is 5. The summed E-state index contributed by atoms with van der Waals surface area (Å²) in [6, 6.07) is 3.23. The summed E-state index contributed by atoms with van der Waals surface area (Å²) in [7, 11) is 0. The van der Waals surface area contributed by atoms with Crippen molar-refractivity contribution in [3.05, 3.63) is 29.3 Å². The third kappa shape index (κ3) is 5.64. The van der Waals surface area contributed by atoms with E-state index in [2.05, 4.69) is 5.32 Å². The summed E-state index contributed by atoms with van der Waals surface area (Å²) < 4.78 is 31.7. The molecule has 11 heteroatoms. The molecule has 0 unspecified atom stereocenters. The molecule has 1 heterocycles. The molecule has 1 aromatic rings. The smallest absolute Gasteiger partial charge is 0.490 e. The summed E-state index contributed by atoms with van der Waals surface area (Å²) in [4.78, 5) is 30.8. The van der Waals surface area contributed by atoms with Gasteiger partial charge < -0.3 is 25.7 Å². The van der Waals surface area contributed by atoms with E-state index in [1.54, 1.807) is 0 Å². The molecule has 1 saturated heterocycles. The fraction of sp³-hybridized carbons (Fsp3) is 0.357. The van der Waals surface area contributed by atoms with Gasteiger partial charge in [0.05, 0.1) is 5.56 Å². The predicted molar refractivity (Wildman–Crippen MR) is 75.5 cm³/mol. The Balaban J connectivity index is 0.000000381. The zero-order valence-electron chi connectivity index (χ0n) is 12.4. The second-order valence-electron chi connectivity index (χ2n) is 5.09. The molecule has 0 bridgehead atoms. The van der Waals surface area contributed by atoms with E-state index in [1.165, 1.54) is 12.1 Å². The van der Waals surface area contributed by atoms with Crippen LogP contribution in [0.2, 0.25) is 0 Å². The van der Waals surface area contributed by atoms with E-state index in [-0.39, 0.29) is 17.2 Å². The van der Waals surface area contributed by atoms with Gasteiger partial charge >= 0.3 is 24.1 Å². The summed E-state index contributed by atoms with van der Waals surface area (Å²) in [5, 5.41) is 37.4. The maximum absolute atomic E-state index is 11.0. The Morgan fingerprint density at radius 1 is 1.08 bits per heavy atom. The van der Waals surface area contributed by atoms with Crippen LogP contribution >= 0.6 is 0 Å². The molecule has 25 heavy (non-hydrogen) atoms. The molecule has 2 atom stereocenters. The van der Waals surface area contributed by atoms with E-state index in [1.807, 2.05) is 0 Å². The lowest BCUT2D eigenvalue weighted by Crippen LogP contribution is -2.34. The molecular formula is C14H14F3NO7. The number of phenolic OH excluding ortho intramolecular Hbond substituents is 1. The minimum absolute atomic E-state index is 0.0407. The van der Waals surface area contributed by atoms with Crippen LogP contribution in [0.25, 0.3) is 0 Å². The first-order valence-electron chi connectivity index (χ1n) is 6.77. The standard InChI is InChI=1S/C12H13NO5.C2HF3O2/c14-8-4-6(3-7(5-8)11(15)16)9-1-2-13-10(9)12(17)18;3-2(4,5)1(6)7/h3-5,9-10,13-14H,1-2H2,(H,15,16)(H,17,18);(H,6,7)/t9-,10+;/m1./s1. The highest BCUT2D eigenvalue weighted by molar-refractivity contribution is 5.88. The van der Waals surface area contributed by atoms with Crippen molar-refractivity contribution in [3.8, 4) is 5.75 Å². The molecule has 5 N–H and O–H groups in total. The topological polar surface area (TPSA) is 144 Å². The minimum Gasteiger partial charge on any atom is -0.508 e. The average molecular weight is 365 g/mol. The molecule has 0 amide bonds. The maximum atomic E-state index is 11.0. The summed E-state index contributed by atoms with van der Waals surface area (Å²) in [6.07, 6.45) is -4.49. The minimum atomic E-state index is -5.08. The molecule has 1 aliphatic rings. The van der Waals surface area contributed by atoms with Crippen LogP contribution < -0.4 is 5.32 Å². The first-order chi connectivity index (χ1) is 11.4. The Kier molecular flexibility index (Phi) is 6.34. The number of phenols is 1. The number of hydrogen-bond acceptors (Lipinski definition) is 5. The molecule has 2 rings (SSSR count). The number of aliphatic carboxylic acids is 2. The largest absolute Gasteiger partial charge is 0.508 e. The van der Waals surface area contributed by atoms with Crippen LogP contribution in [0, 0.1) is 0 Å². The number of carbonyl (C=O) groups is 3. The summed E-state index contributed by atoms with van der Waals surface area (Å²) in [5.74, 6) is -5.37. The van der Waals surface area contributed by atoms with Gasteiger partial charge in [-0.25, -0.2) is 9.59 Å². The molecule has 0 spiro atoms. The normalized spacial score (nSPS) is 19.6. The third-order valence-corrected chi connectivity index (χ3v) is 3.35. The summed E-state index contributed by atoms with van der Waals surface area (Å²) >= 11 is 0. The third-order valence-electron chi connectivity index (χ3n) is 3.35. The van der Waals surface area contributed by atoms with Gasteiger partial charge in [-0.1, -0.05) is 0 Å². The highest BCUT2D eigenvalue weighted by Gasteiger charge is 2.38. The predicted octanol–water partition coefficient (Wildman–Crippen LogP) is 1.25. The lowest BCUT2D eigenvalue weighted by atomic mass is 9.90. The van der Waals surface area contributed by atoms with E-state index in [0.717, 1.165) is 6.07 Å². The number of alkyl halides is 3. The van der Waals surface area contributed by atoms with Gasteiger partial charge in [0.15, 0.2) is 0 Å². The highest BCUT2D eigenvalue weighted by Crippen LogP contribution is 2.31. The first-order valence-corrected chi connectivity index (χ1v) is 6.77. The van der Waals surface area contributed by atoms with E-state index >= 15 is 0 Å². The lowest BCUT2D eigenvalue weighted by Gasteiger charge is -2.16. The number of aromatic carboxylic acids is 1. The monoisotopic (exact) mass is 365 g/mol. The zero-order valence-corrected chi connectivity index (χ0v) is 12.4. The molecule has 1 fully saturated rings. The second kappa shape index (κ2) is 7.83. The number of benzene rings is 1. The average Bonchev–Trinajstić information content (AvgIpc) is 2.95. The van der Waals surface area contributed by atoms with Crippen molar-refractivity contribution >= 4 is 17.9 Å². The molecule has 1 aliphatic heterocycles. The molecular weight excluding hydrogens is 351 g/mol. The maximum Gasteiger partial charge on any atom is 0.490 e. The van der Waals surface area contributed by atoms with E-state index in [4.69, 9.17) is 20.1 Å². The van der Waals surface area contributed by atoms with Gasteiger partial charge in [0, 0.05) is 5.92 Å². The van der Waals surface area contributed by atoms with Crippen LogP contribution in [0.3, 0.4) is 0 Å². The van der Waals surface area contributed by atoms with E-state index in [0.29, 0.717) is 18.5 Å². The number of rotatable bonds is 3. The second-order valence-corrected chi connectivity index (χ2v) is 5.09. The molecule has 138 valence electrons. The van der Waals surface area contributed by atoms with Crippen molar-refractivity contribution in [2.45, 2.75) is 24.6 Å². The summed E-state index contributed by atoms with van der Waals surface area (Å²) in [6.45, 7) is 0.555. The molecule has 0 radical (unpaired) electrons. The molecule has 0 aromatic heterocycles. The van der Waals surface area contributed by atoms with Crippen LogP contribution in [-0.2, 0) is 9.59 Å². The van der Waals surface area contributed by atoms with Gasteiger partial charge in [0.25, 0.3) is 0 Å². The van der Waals surface area contributed by atoms with Crippen molar-refractivity contribution in [2.75, 3.05) is 6.54 Å². The highest BCUT2D eigenvalue weighted by atomic mass is 19.4. The van der Waals surface area contributed by atoms with E-state index in [9.17, 15) is 27.9 Å². The Morgan fingerprint density at radius 3 is 2.08 bits per heavy atom. The van der Waals surface area contributed by atoms with Crippen molar-refractivity contribution in [3.63, 3.8) is 0 Å². The number of nitrogens with one attached hydrogen (secondary N) is 1. The zero-order chi connectivity index (χ0) is 19.4. The number of carboxylic acids is 3. The molecule has 0 saturated carbocycles. The van der Waals surface area contributed by atoms with Gasteiger partial charge in [-0.15, -0.1) is 0 Å². The van der Waals surface area contributed by atoms with Crippen molar-refractivity contribution in [1.82, 2.24) is 5.32 Å². The van der Waals surface area contributed by atoms with Crippen LogP contribution in [0.15, 0.2) is 18.2 Å². The lowest BCUT2D eigenvalue weighted by molar-refractivity contribution is -0.192. The fourth-order valence-electron chi connectivity index (χ4n) is 2.29. The summed E-state index contributed by atoms with van der Waals surface area (Å²) in [5.41, 5.74) is 0.492. The molecule has 8 nitrogen and oxygen atoms in total.